The lowest BCUT2D eigenvalue weighted by molar-refractivity contribution is 0.400. The number of halogens is 2. The molecule has 26 heavy (non-hydrogen) atoms. The van der Waals surface area contributed by atoms with Crippen molar-refractivity contribution in [1.29, 1.82) is 0 Å². The Morgan fingerprint density at radius 3 is 2.15 bits per heavy atom. The van der Waals surface area contributed by atoms with E-state index in [1.807, 2.05) is 32.0 Å². The molecule has 0 bridgehead atoms. The molecule has 0 unspecified atom stereocenters. The van der Waals surface area contributed by atoms with Crippen LogP contribution in [0.2, 0.25) is 0 Å². The van der Waals surface area contributed by atoms with Crippen LogP contribution >= 0.6 is 0 Å². The standard InChI is InChI=1S/C19H17F2NO3S/c1-10-7-11(2)9-13(8-10)19-16(12(3)25-22-19)14-5-6-15(26(4,23)24)18(21)17(14)20/h5-9H,1-4H3. The summed E-state index contributed by atoms with van der Waals surface area (Å²) >= 11 is 0. The summed E-state index contributed by atoms with van der Waals surface area (Å²) in [5, 5.41) is 4.00. The van der Waals surface area contributed by atoms with Crippen LogP contribution in [-0.4, -0.2) is 19.8 Å². The summed E-state index contributed by atoms with van der Waals surface area (Å²) in [6.07, 6.45) is 0.829. The maximum atomic E-state index is 14.7. The van der Waals surface area contributed by atoms with Crippen molar-refractivity contribution in [3.8, 4) is 22.4 Å². The molecule has 0 saturated carbocycles. The first-order valence-electron chi connectivity index (χ1n) is 7.83. The number of aryl methyl sites for hydroxylation is 3. The van der Waals surface area contributed by atoms with Crippen LogP contribution in [0.1, 0.15) is 16.9 Å². The Bertz CT molecular complexity index is 1100. The minimum atomic E-state index is -3.88. The summed E-state index contributed by atoms with van der Waals surface area (Å²) in [7, 11) is -3.88. The Hall–Kier alpha value is -2.54. The number of hydrogen-bond acceptors (Lipinski definition) is 4. The van der Waals surface area contributed by atoms with Crippen LogP contribution in [0.3, 0.4) is 0 Å². The van der Waals surface area contributed by atoms with E-state index < -0.39 is 26.4 Å². The molecule has 2 aromatic carbocycles. The molecule has 0 spiro atoms. The molecule has 4 nitrogen and oxygen atoms in total. The monoisotopic (exact) mass is 377 g/mol. The van der Waals surface area contributed by atoms with Gasteiger partial charge in [-0.25, -0.2) is 17.2 Å². The number of rotatable bonds is 3. The molecule has 7 heteroatoms. The van der Waals surface area contributed by atoms with E-state index in [2.05, 4.69) is 5.16 Å². The molecule has 3 rings (SSSR count). The summed E-state index contributed by atoms with van der Waals surface area (Å²) in [5.74, 6) is -2.34. The maximum absolute atomic E-state index is 14.7. The minimum absolute atomic E-state index is 0.0946. The van der Waals surface area contributed by atoms with E-state index in [0.29, 0.717) is 22.6 Å². The molecule has 1 aromatic heterocycles. The molecule has 0 aliphatic carbocycles. The van der Waals surface area contributed by atoms with Crippen molar-refractivity contribution in [2.45, 2.75) is 25.7 Å². The van der Waals surface area contributed by atoms with E-state index in [-0.39, 0.29) is 5.56 Å². The van der Waals surface area contributed by atoms with Gasteiger partial charge in [-0.3, -0.25) is 0 Å². The normalized spacial score (nSPS) is 11.8. The molecule has 0 atom stereocenters. The fourth-order valence-electron chi connectivity index (χ4n) is 3.01. The highest BCUT2D eigenvalue weighted by Crippen LogP contribution is 2.37. The second-order valence-corrected chi connectivity index (χ2v) is 8.33. The Morgan fingerprint density at radius 2 is 1.58 bits per heavy atom. The van der Waals surface area contributed by atoms with Gasteiger partial charge >= 0.3 is 0 Å². The van der Waals surface area contributed by atoms with Crippen molar-refractivity contribution in [1.82, 2.24) is 5.16 Å². The molecule has 1 heterocycles. The molecule has 0 aliphatic rings. The van der Waals surface area contributed by atoms with Crippen LogP contribution in [0.5, 0.6) is 0 Å². The first kappa shape index (κ1) is 18.3. The fourth-order valence-corrected chi connectivity index (χ4v) is 3.74. The van der Waals surface area contributed by atoms with E-state index >= 15 is 0 Å². The number of aromatic nitrogens is 1. The van der Waals surface area contributed by atoms with Gasteiger partial charge in [0.1, 0.15) is 16.3 Å². The van der Waals surface area contributed by atoms with Gasteiger partial charge in [-0.05, 0) is 45.0 Å². The summed E-state index contributed by atoms with van der Waals surface area (Å²) in [6.45, 7) is 5.44. The Labute approximate surface area is 150 Å². The predicted octanol–water partition coefficient (Wildman–Crippen LogP) is 4.62. The van der Waals surface area contributed by atoms with Crippen LogP contribution in [0.25, 0.3) is 22.4 Å². The van der Waals surface area contributed by atoms with Gasteiger partial charge in [0.05, 0.1) is 5.56 Å². The predicted molar refractivity (Wildman–Crippen MR) is 94.6 cm³/mol. The second-order valence-electron chi connectivity index (χ2n) is 6.35. The van der Waals surface area contributed by atoms with Crippen LogP contribution in [0.4, 0.5) is 8.78 Å². The van der Waals surface area contributed by atoms with E-state index in [4.69, 9.17) is 4.52 Å². The first-order valence-corrected chi connectivity index (χ1v) is 9.72. The Balaban J connectivity index is 2.27. The van der Waals surface area contributed by atoms with Crippen molar-refractivity contribution in [3.63, 3.8) is 0 Å². The molecule has 136 valence electrons. The van der Waals surface area contributed by atoms with E-state index in [1.54, 1.807) is 6.92 Å². The van der Waals surface area contributed by atoms with Gasteiger partial charge in [-0.15, -0.1) is 0 Å². The van der Waals surface area contributed by atoms with E-state index in [9.17, 15) is 17.2 Å². The van der Waals surface area contributed by atoms with Crippen LogP contribution < -0.4 is 0 Å². The lowest BCUT2D eigenvalue weighted by Crippen LogP contribution is -2.04. The molecule has 0 radical (unpaired) electrons. The third kappa shape index (κ3) is 3.14. The molecule has 0 amide bonds. The Kier molecular flexibility index (Phi) is 4.44. The van der Waals surface area contributed by atoms with E-state index in [0.717, 1.165) is 23.4 Å². The molecule has 0 aliphatic heterocycles. The zero-order valence-corrected chi connectivity index (χ0v) is 15.5. The molecule has 0 N–H and O–H groups in total. The summed E-state index contributed by atoms with van der Waals surface area (Å²) < 4.78 is 57.4. The number of hydrogen-bond donors (Lipinski definition) is 0. The van der Waals surface area contributed by atoms with Crippen molar-refractivity contribution < 1.29 is 21.7 Å². The summed E-state index contributed by atoms with van der Waals surface area (Å²) in [5.41, 5.74) is 3.27. The quantitative estimate of drug-likeness (QED) is 0.668. The molecule has 3 aromatic rings. The second kappa shape index (κ2) is 6.32. The summed E-state index contributed by atoms with van der Waals surface area (Å²) in [6, 6.07) is 8.01. The minimum Gasteiger partial charge on any atom is -0.360 e. The van der Waals surface area contributed by atoms with Gasteiger partial charge < -0.3 is 4.52 Å². The highest BCUT2D eigenvalue weighted by atomic mass is 32.2. The fraction of sp³-hybridized carbons (Fsp3) is 0.211. The van der Waals surface area contributed by atoms with Crippen LogP contribution in [-0.2, 0) is 9.84 Å². The van der Waals surface area contributed by atoms with Gasteiger partial charge in [0, 0.05) is 17.4 Å². The average Bonchev–Trinajstić information content (AvgIpc) is 2.89. The number of sulfone groups is 1. The first-order chi connectivity index (χ1) is 12.1. The SMILES string of the molecule is Cc1cc(C)cc(-c2noc(C)c2-c2ccc(S(C)(=O)=O)c(F)c2F)c1. The lowest BCUT2D eigenvalue weighted by Gasteiger charge is -2.09. The number of benzene rings is 2. The van der Waals surface area contributed by atoms with Gasteiger partial charge in [0.2, 0.25) is 0 Å². The van der Waals surface area contributed by atoms with Crippen molar-refractivity contribution >= 4 is 9.84 Å². The average molecular weight is 377 g/mol. The molecule has 0 saturated heterocycles. The lowest BCUT2D eigenvalue weighted by atomic mass is 9.97. The third-order valence-corrected chi connectivity index (χ3v) is 5.19. The highest BCUT2D eigenvalue weighted by Gasteiger charge is 2.25. The van der Waals surface area contributed by atoms with Gasteiger partial charge in [-0.1, -0.05) is 22.3 Å². The molecule has 0 fully saturated rings. The van der Waals surface area contributed by atoms with Crippen LogP contribution in [0.15, 0.2) is 39.8 Å². The van der Waals surface area contributed by atoms with E-state index in [1.165, 1.54) is 6.07 Å². The van der Waals surface area contributed by atoms with Gasteiger partial charge in [-0.2, -0.15) is 0 Å². The van der Waals surface area contributed by atoms with Gasteiger partial charge in [0.15, 0.2) is 21.5 Å². The van der Waals surface area contributed by atoms with Crippen molar-refractivity contribution in [2.24, 2.45) is 0 Å². The smallest absolute Gasteiger partial charge is 0.178 e. The third-order valence-electron chi connectivity index (χ3n) is 4.07. The maximum Gasteiger partial charge on any atom is 0.178 e. The largest absolute Gasteiger partial charge is 0.360 e. The molecular formula is C19H17F2NO3S. The van der Waals surface area contributed by atoms with Crippen molar-refractivity contribution in [2.75, 3.05) is 6.26 Å². The van der Waals surface area contributed by atoms with Gasteiger partial charge in [0.25, 0.3) is 0 Å². The topological polar surface area (TPSA) is 60.2 Å². The zero-order chi connectivity index (χ0) is 19.2. The molecular weight excluding hydrogens is 360 g/mol. The van der Waals surface area contributed by atoms with Crippen molar-refractivity contribution in [3.05, 3.63) is 58.9 Å². The highest BCUT2D eigenvalue weighted by molar-refractivity contribution is 7.90. The summed E-state index contributed by atoms with van der Waals surface area (Å²) in [4.78, 5) is -0.680. The van der Waals surface area contributed by atoms with Crippen LogP contribution in [0, 0.1) is 32.4 Å². The zero-order valence-electron chi connectivity index (χ0n) is 14.7. The number of nitrogens with zero attached hydrogens (tertiary/aromatic N) is 1. The Morgan fingerprint density at radius 1 is 0.962 bits per heavy atom.